The Kier molecular flexibility index (Phi) is 3.69. The molecule has 0 spiro atoms. The van der Waals surface area contributed by atoms with E-state index in [4.69, 9.17) is 0 Å². The number of piperidine rings is 1. The van der Waals surface area contributed by atoms with Crippen LogP contribution < -0.4 is 0 Å². The van der Waals surface area contributed by atoms with Crippen molar-refractivity contribution in [2.75, 3.05) is 13.1 Å². The van der Waals surface area contributed by atoms with E-state index < -0.39 is 0 Å². The molecule has 0 radical (unpaired) electrons. The van der Waals surface area contributed by atoms with Crippen molar-refractivity contribution in [3.63, 3.8) is 0 Å². The number of carbonyl (C=O) groups is 1. The third-order valence-corrected chi connectivity index (χ3v) is 5.30. The number of amides is 1. The molecule has 118 valence electrons. The van der Waals surface area contributed by atoms with Gasteiger partial charge in [-0.1, -0.05) is 6.07 Å². The van der Waals surface area contributed by atoms with Gasteiger partial charge in [-0.05, 0) is 56.2 Å². The summed E-state index contributed by atoms with van der Waals surface area (Å²) in [5.74, 6) is 0.769. The Labute approximate surface area is 139 Å². The molecule has 5 nitrogen and oxygen atoms in total. The van der Waals surface area contributed by atoms with E-state index in [0.717, 1.165) is 35.3 Å². The molecule has 0 saturated carbocycles. The topological polar surface area (TPSA) is 50.0 Å². The fourth-order valence-electron chi connectivity index (χ4n) is 3.07. The lowest BCUT2D eigenvalue weighted by Crippen LogP contribution is -2.33. The number of hydrogen-bond donors (Lipinski definition) is 0. The molecule has 2 aliphatic rings. The number of aromatic nitrogens is 2. The Morgan fingerprint density at radius 3 is 2.87 bits per heavy atom. The number of rotatable bonds is 1. The van der Waals surface area contributed by atoms with Crippen LogP contribution in [0.15, 0.2) is 34.3 Å². The summed E-state index contributed by atoms with van der Waals surface area (Å²) in [5, 5.41) is 0.848. The summed E-state index contributed by atoms with van der Waals surface area (Å²) in [6.07, 6.45) is 7.48. The summed E-state index contributed by atoms with van der Waals surface area (Å²) in [7, 11) is 0. The van der Waals surface area contributed by atoms with Crippen LogP contribution >= 0.6 is 11.8 Å². The molecule has 0 aromatic carbocycles. The Bertz CT molecular complexity index is 830. The summed E-state index contributed by atoms with van der Waals surface area (Å²) in [6.45, 7) is 3.96. The Morgan fingerprint density at radius 1 is 1.22 bits per heavy atom. The average Bonchev–Trinajstić information content (AvgIpc) is 3.10. The summed E-state index contributed by atoms with van der Waals surface area (Å²) < 4.78 is 2.03. The molecule has 0 aliphatic carbocycles. The van der Waals surface area contributed by atoms with Crippen LogP contribution in [0.3, 0.4) is 0 Å². The van der Waals surface area contributed by atoms with E-state index in [9.17, 15) is 4.79 Å². The third kappa shape index (κ3) is 2.67. The predicted molar refractivity (Wildman–Crippen MR) is 93.4 cm³/mol. The number of aryl methyl sites for hydroxylation is 1. The summed E-state index contributed by atoms with van der Waals surface area (Å²) >= 11 is 1.48. The maximum absolute atomic E-state index is 12.2. The van der Waals surface area contributed by atoms with Crippen LogP contribution in [0, 0.1) is 6.92 Å². The second-order valence-electron chi connectivity index (χ2n) is 5.86. The number of aliphatic imine (C=N–C) groups is 1. The first-order chi connectivity index (χ1) is 11.2. The van der Waals surface area contributed by atoms with Crippen molar-refractivity contribution in [2.45, 2.75) is 26.2 Å². The van der Waals surface area contributed by atoms with Gasteiger partial charge in [0.05, 0.1) is 16.1 Å². The summed E-state index contributed by atoms with van der Waals surface area (Å²) in [5.41, 5.74) is 1.84. The van der Waals surface area contributed by atoms with Crippen molar-refractivity contribution in [1.29, 1.82) is 0 Å². The number of likely N-dealkylation sites (tertiary alicyclic amines) is 1. The van der Waals surface area contributed by atoms with Gasteiger partial charge in [-0.3, -0.25) is 4.79 Å². The molecule has 2 aliphatic heterocycles. The number of pyridine rings is 1. The molecule has 2 aromatic rings. The number of carbonyl (C=O) groups excluding carboxylic acids is 1. The number of imidazole rings is 1. The van der Waals surface area contributed by atoms with E-state index in [-0.39, 0.29) is 5.91 Å². The van der Waals surface area contributed by atoms with Crippen LogP contribution in [0.5, 0.6) is 0 Å². The van der Waals surface area contributed by atoms with Gasteiger partial charge in [-0.15, -0.1) is 0 Å². The molecule has 6 heteroatoms. The van der Waals surface area contributed by atoms with Crippen molar-refractivity contribution < 1.29 is 4.79 Å². The Morgan fingerprint density at radius 2 is 2.04 bits per heavy atom. The maximum Gasteiger partial charge on any atom is 0.286 e. The fourth-order valence-corrected chi connectivity index (χ4v) is 4.01. The van der Waals surface area contributed by atoms with E-state index >= 15 is 0 Å². The third-order valence-electron chi connectivity index (χ3n) is 4.26. The minimum absolute atomic E-state index is 0.148. The first-order valence-electron chi connectivity index (χ1n) is 7.93. The van der Waals surface area contributed by atoms with E-state index in [0.29, 0.717) is 4.91 Å². The molecule has 1 fully saturated rings. The van der Waals surface area contributed by atoms with Crippen LogP contribution in [0.1, 0.15) is 30.8 Å². The Hall–Kier alpha value is -2.08. The van der Waals surface area contributed by atoms with Crippen molar-refractivity contribution in [3.8, 4) is 0 Å². The molecular weight excluding hydrogens is 308 g/mol. The smallest absolute Gasteiger partial charge is 0.286 e. The summed E-state index contributed by atoms with van der Waals surface area (Å²) in [6, 6.07) is 5.98. The zero-order valence-corrected chi connectivity index (χ0v) is 13.8. The number of nitrogens with zero attached hydrogens (tertiary/aromatic N) is 4. The van der Waals surface area contributed by atoms with Crippen molar-refractivity contribution in [3.05, 3.63) is 40.8 Å². The van der Waals surface area contributed by atoms with Crippen LogP contribution in [0.25, 0.3) is 11.6 Å². The van der Waals surface area contributed by atoms with E-state index in [1.807, 2.05) is 41.8 Å². The van der Waals surface area contributed by atoms with E-state index in [1.54, 1.807) is 0 Å². The normalized spacial score (nSPS) is 20.6. The van der Waals surface area contributed by atoms with Gasteiger partial charge in [-0.25, -0.2) is 4.98 Å². The average molecular weight is 326 g/mol. The lowest BCUT2D eigenvalue weighted by atomic mass is 10.1. The van der Waals surface area contributed by atoms with E-state index in [2.05, 4.69) is 14.9 Å². The molecule has 0 N–H and O–H groups in total. The van der Waals surface area contributed by atoms with Gasteiger partial charge in [0, 0.05) is 19.3 Å². The molecule has 0 unspecified atom stereocenters. The lowest BCUT2D eigenvalue weighted by Gasteiger charge is -2.27. The van der Waals surface area contributed by atoms with Gasteiger partial charge in [0.15, 0.2) is 5.17 Å². The monoisotopic (exact) mass is 326 g/mol. The molecule has 1 amide bonds. The SMILES string of the molecule is Cc1nc(/C=C2\SC(N3CCCCC3)=NC2=O)c2ccccn12. The zero-order chi connectivity index (χ0) is 15.8. The zero-order valence-electron chi connectivity index (χ0n) is 13.0. The molecule has 0 atom stereocenters. The maximum atomic E-state index is 12.2. The first kappa shape index (κ1) is 14.5. The van der Waals surface area contributed by atoms with Gasteiger partial charge >= 0.3 is 0 Å². The molecule has 2 aromatic heterocycles. The molecule has 4 rings (SSSR count). The van der Waals surface area contributed by atoms with Gasteiger partial charge in [0.2, 0.25) is 0 Å². The lowest BCUT2D eigenvalue weighted by molar-refractivity contribution is -0.113. The van der Waals surface area contributed by atoms with Gasteiger partial charge in [0.1, 0.15) is 5.82 Å². The first-order valence-corrected chi connectivity index (χ1v) is 8.75. The van der Waals surface area contributed by atoms with Crippen LogP contribution in [-0.2, 0) is 4.79 Å². The standard InChI is InChI=1S/C17H18N4OS/c1-12-18-13(14-7-3-6-10-21(12)14)11-15-16(22)19-17(23-15)20-8-4-2-5-9-20/h3,6-7,10-11H,2,4-5,8-9H2,1H3/b15-11-. The van der Waals surface area contributed by atoms with Gasteiger partial charge in [0.25, 0.3) is 5.91 Å². The molecule has 23 heavy (non-hydrogen) atoms. The minimum Gasteiger partial charge on any atom is -0.351 e. The molecule has 4 heterocycles. The second-order valence-corrected chi connectivity index (χ2v) is 6.87. The minimum atomic E-state index is -0.148. The summed E-state index contributed by atoms with van der Waals surface area (Å²) in [4.78, 5) is 23.9. The van der Waals surface area contributed by atoms with Crippen LogP contribution in [0.2, 0.25) is 0 Å². The number of fused-ring (bicyclic) bond motifs is 1. The van der Waals surface area contributed by atoms with E-state index in [1.165, 1.54) is 31.0 Å². The van der Waals surface area contributed by atoms with Gasteiger partial charge < -0.3 is 9.30 Å². The number of thioether (sulfide) groups is 1. The molecule has 1 saturated heterocycles. The van der Waals surface area contributed by atoms with Gasteiger partial charge in [-0.2, -0.15) is 4.99 Å². The Balaban J connectivity index is 1.63. The van der Waals surface area contributed by atoms with Crippen LogP contribution in [-0.4, -0.2) is 38.4 Å². The number of amidine groups is 1. The van der Waals surface area contributed by atoms with Crippen molar-refractivity contribution >= 4 is 34.4 Å². The highest BCUT2D eigenvalue weighted by molar-refractivity contribution is 8.18. The quantitative estimate of drug-likeness (QED) is 0.756. The van der Waals surface area contributed by atoms with Crippen molar-refractivity contribution in [2.24, 2.45) is 4.99 Å². The highest BCUT2D eigenvalue weighted by Crippen LogP contribution is 2.32. The number of hydrogen-bond acceptors (Lipinski definition) is 4. The van der Waals surface area contributed by atoms with Crippen LogP contribution in [0.4, 0.5) is 0 Å². The predicted octanol–water partition coefficient (Wildman–Crippen LogP) is 3.10. The van der Waals surface area contributed by atoms with Crippen molar-refractivity contribution in [1.82, 2.24) is 14.3 Å². The fraction of sp³-hybridized carbons (Fsp3) is 0.353. The highest BCUT2D eigenvalue weighted by Gasteiger charge is 2.27. The second kappa shape index (κ2) is 5.85. The molecular formula is C17H18N4OS. The largest absolute Gasteiger partial charge is 0.351 e. The highest BCUT2D eigenvalue weighted by atomic mass is 32.2. The molecule has 0 bridgehead atoms.